The normalized spacial score (nSPS) is 11.3. The molecular weight excluding hydrogens is 344 g/mol. The summed E-state index contributed by atoms with van der Waals surface area (Å²) in [5.41, 5.74) is 4.95. The number of furan rings is 1. The first-order valence-electron chi connectivity index (χ1n) is 8.30. The van der Waals surface area contributed by atoms with E-state index in [1.807, 2.05) is 78.9 Å². The largest absolute Gasteiger partial charge is 0.452 e. The number of benzene rings is 3. The fourth-order valence-electron chi connectivity index (χ4n) is 3.14. The molecule has 2 heterocycles. The fraction of sp³-hybridized carbons (Fsp3) is 0. The third kappa shape index (κ3) is 2.45. The van der Waals surface area contributed by atoms with Crippen molar-refractivity contribution in [2.75, 3.05) is 0 Å². The van der Waals surface area contributed by atoms with E-state index >= 15 is 0 Å². The Morgan fingerprint density at radius 3 is 2.35 bits per heavy atom. The Kier molecular flexibility index (Phi) is 3.47. The summed E-state index contributed by atoms with van der Waals surface area (Å²) in [6, 6.07) is 25.5. The monoisotopic (exact) mass is 356 g/mol. The number of hydrogen-bond acceptors (Lipinski definition) is 3. The predicted molar refractivity (Wildman–Crippen MR) is 105 cm³/mol. The lowest BCUT2D eigenvalue weighted by molar-refractivity contribution is 0.667. The minimum atomic E-state index is 0.630. The second kappa shape index (κ2) is 5.97. The van der Waals surface area contributed by atoms with Crippen LogP contribution in [0.25, 0.3) is 44.7 Å². The summed E-state index contributed by atoms with van der Waals surface area (Å²) in [7, 11) is 0. The van der Waals surface area contributed by atoms with Crippen LogP contribution in [0.1, 0.15) is 0 Å². The van der Waals surface area contributed by atoms with Gasteiger partial charge in [0.2, 0.25) is 0 Å². The Morgan fingerprint density at radius 1 is 0.731 bits per heavy atom. The summed E-state index contributed by atoms with van der Waals surface area (Å²) in [4.78, 5) is 9.61. The smallest absolute Gasteiger partial charge is 0.180 e. The topological polar surface area (TPSA) is 38.9 Å². The fourth-order valence-corrected chi connectivity index (χ4v) is 3.33. The molecule has 0 aliphatic rings. The molecule has 4 heteroatoms. The molecule has 3 nitrogen and oxygen atoms in total. The zero-order chi connectivity index (χ0) is 17.5. The first-order chi connectivity index (χ1) is 12.8. The molecule has 3 aromatic carbocycles. The lowest BCUT2D eigenvalue weighted by atomic mass is 10.1. The van der Waals surface area contributed by atoms with E-state index < -0.39 is 0 Å². The molecule has 0 radical (unpaired) electrons. The van der Waals surface area contributed by atoms with Crippen LogP contribution in [0.15, 0.2) is 83.3 Å². The molecule has 0 saturated heterocycles. The average molecular weight is 357 g/mol. The maximum atomic E-state index is 6.17. The molecule has 26 heavy (non-hydrogen) atoms. The van der Waals surface area contributed by atoms with Gasteiger partial charge in [0.05, 0.1) is 0 Å². The van der Waals surface area contributed by atoms with Gasteiger partial charge in [-0.15, -0.1) is 0 Å². The number of para-hydroxylation sites is 1. The van der Waals surface area contributed by atoms with Crippen LogP contribution >= 0.6 is 11.6 Å². The lowest BCUT2D eigenvalue weighted by Crippen LogP contribution is -1.93. The summed E-state index contributed by atoms with van der Waals surface area (Å²) in [5, 5.41) is 1.63. The predicted octanol–water partition coefficient (Wildman–Crippen LogP) is 6.36. The Labute approximate surface area is 154 Å². The summed E-state index contributed by atoms with van der Waals surface area (Å²) in [6.07, 6.45) is 0. The molecule has 0 bridgehead atoms. The van der Waals surface area contributed by atoms with Gasteiger partial charge in [-0.2, -0.15) is 0 Å². The van der Waals surface area contributed by atoms with E-state index in [2.05, 4.69) is 0 Å². The number of hydrogen-bond donors (Lipinski definition) is 0. The van der Waals surface area contributed by atoms with Crippen molar-refractivity contribution in [1.82, 2.24) is 9.97 Å². The lowest BCUT2D eigenvalue weighted by Gasteiger charge is -2.06. The molecule has 0 N–H and O–H groups in total. The maximum absolute atomic E-state index is 6.17. The Morgan fingerprint density at radius 2 is 1.50 bits per heavy atom. The molecule has 0 aliphatic heterocycles. The molecule has 0 saturated carbocycles. The van der Waals surface area contributed by atoms with Gasteiger partial charge in [-0.1, -0.05) is 66.2 Å². The summed E-state index contributed by atoms with van der Waals surface area (Å²) >= 11 is 6.17. The second-order valence-corrected chi connectivity index (χ2v) is 6.48. The first kappa shape index (κ1) is 15.1. The molecule has 2 aromatic heterocycles. The van der Waals surface area contributed by atoms with Crippen molar-refractivity contribution in [2.45, 2.75) is 0 Å². The molecule has 5 rings (SSSR count). The van der Waals surface area contributed by atoms with E-state index in [0.717, 1.165) is 33.3 Å². The van der Waals surface area contributed by atoms with E-state index in [9.17, 15) is 0 Å². The highest BCUT2D eigenvalue weighted by Gasteiger charge is 2.17. The molecular formula is C22H13ClN2O. The number of aromatic nitrogens is 2. The third-order valence-electron chi connectivity index (χ3n) is 4.35. The second-order valence-electron chi connectivity index (χ2n) is 6.05. The van der Waals surface area contributed by atoms with Crippen LogP contribution in [0, 0.1) is 0 Å². The first-order valence-corrected chi connectivity index (χ1v) is 8.68. The van der Waals surface area contributed by atoms with Crippen molar-refractivity contribution < 1.29 is 4.42 Å². The van der Waals surface area contributed by atoms with E-state index in [1.165, 1.54) is 0 Å². The number of halogens is 1. The Balaban J connectivity index is 1.89. The highest BCUT2D eigenvalue weighted by atomic mass is 35.5. The Hall–Kier alpha value is -3.17. The molecule has 0 amide bonds. The molecule has 0 aliphatic carbocycles. The molecule has 124 valence electrons. The summed E-state index contributed by atoms with van der Waals surface area (Å²) in [6.45, 7) is 0. The van der Waals surface area contributed by atoms with Gasteiger partial charge in [0, 0.05) is 21.5 Å². The quantitative estimate of drug-likeness (QED) is 0.369. The molecule has 5 aromatic rings. The van der Waals surface area contributed by atoms with Crippen LogP contribution in [-0.2, 0) is 0 Å². The van der Waals surface area contributed by atoms with Gasteiger partial charge in [-0.3, -0.25) is 0 Å². The van der Waals surface area contributed by atoms with Crippen molar-refractivity contribution in [3.8, 4) is 22.6 Å². The Bertz CT molecular complexity index is 1250. The minimum Gasteiger partial charge on any atom is -0.452 e. The van der Waals surface area contributed by atoms with Crippen LogP contribution < -0.4 is 0 Å². The number of rotatable bonds is 2. The zero-order valence-corrected chi connectivity index (χ0v) is 14.4. The van der Waals surface area contributed by atoms with Crippen LogP contribution in [0.2, 0.25) is 5.02 Å². The van der Waals surface area contributed by atoms with Gasteiger partial charge in [0.25, 0.3) is 0 Å². The van der Waals surface area contributed by atoms with Crippen molar-refractivity contribution in [1.29, 1.82) is 0 Å². The van der Waals surface area contributed by atoms with Crippen molar-refractivity contribution in [2.24, 2.45) is 0 Å². The van der Waals surface area contributed by atoms with Gasteiger partial charge < -0.3 is 4.42 Å². The van der Waals surface area contributed by atoms with Crippen LogP contribution in [0.4, 0.5) is 0 Å². The summed E-state index contributed by atoms with van der Waals surface area (Å²) < 4.78 is 6.10. The maximum Gasteiger partial charge on any atom is 0.180 e. The van der Waals surface area contributed by atoms with Gasteiger partial charge >= 0.3 is 0 Å². The summed E-state index contributed by atoms with van der Waals surface area (Å²) in [5.74, 6) is 0.630. The molecule has 0 spiro atoms. The van der Waals surface area contributed by atoms with E-state index in [0.29, 0.717) is 16.4 Å². The van der Waals surface area contributed by atoms with E-state index in [1.54, 1.807) is 0 Å². The van der Waals surface area contributed by atoms with E-state index in [-0.39, 0.29) is 0 Å². The van der Waals surface area contributed by atoms with Crippen molar-refractivity contribution >= 4 is 33.7 Å². The van der Waals surface area contributed by atoms with Crippen molar-refractivity contribution in [3.63, 3.8) is 0 Å². The van der Waals surface area contributed by atoms with Crippen molar-refractivity contribution in [3.05, 3.63) is 83.9 Å². The third-order valence-corrected chi connectivity index (χ3v) is 4.58. The highest BCUT2D eigenvalue weighted by Crippen LogP contribution is 2.35. The highest BCUT2D eigenvalue weighted by molar-refractivity contribution is 6.30. The van der Waals surface area contributed by atoms with Crippen LogP contribution in [0.5, 0.6) is 0 Å². The molecule has 0 unspecified atom stereocenters. The van der Waals surface area contributed by atoms with Gasteiger partial charge in [0.15, 0.2) is 11.4 Å². The zero-order valence-electron chi connectivity index (χ0n) is 13.7. The van der Waals surface area contributed by atoms with Crippen LogP contribution in [0.3, 0.4) is 0 Å². The van der Waals surface area contributed by atoms with Gasteiger partial charge in [0.1, 0.15) is 16.8 Å². The standard InChI is InChI=1S/C22H13ClN2O/c23-16-10-6-9-15(13-16)22-24-19(14-7-2-1-3-8-14)21-20(25-22)17-11-4-5-12-18(17)26-21/h1-13H. The average Bonchev–Trinajstić information content (AvgIpc) is 3.06. The number of nitrogens with zero attached hydrogens (tertiary/aromatic N) is 2. The van der Waals surface area contributed by atoms with E-state index in [4.69, 9.17) is 26.0 Å². The molecule has 0 fully saturated rings. The number of fused-ring (bicyclic) bond motifs is 3. The SMILES string of the molecule is Clc1cccc(-c2nc(-c3ccccc3)c3oc4ccccc4c3n2)c1. The minimum absolute atomic E-state index is 0.630. The van der Waals surface area contributed by atoms with Gasteiger partial charge in [-0.25, -0.2) is 9.97 Å². The van der Waals surface area contributed by atoms with Crippen LogP contribution in [-0.4, -0.2) is 9.97 Å². The molecule has 0 atom stereocenters. The van der Waals surface area contributed by atoms with Gasteiger partial charge in [-0.05, 0) is 24.3 Å².